The highest BCUT2D eigenvalue weighted by molar-refractivity contribution is 7.09. The summed E-state index contributed by atoms with van der Waals surface area (Å²) >= 11 is 1.71. The average molecular weight is 285 g/mol. The molecular weight excluding hydrogens is 270 g/mol. The molecule has 0 amide bonds. The molecule has 3 heterocycles. The first-order valence-electron chi connectivity index (χ1n) is 6.78. The van der Waals surface area contributed by atoms with Crippen LogP contribution in [-0.2, 0) is 0 Å². The Balaban J connectivity index is 1.72. The van der Waals surface area contributed by atoms with Crippen LogP contribution in [0.5, 0.6) is 0 Å². The van der Waals surface area contributed by atoms with Gasteiger partial charge >= 0.3 is 0 Å². The van der Waals surface area contributed by atoms with E-state index in [0.717, 1.165) is 22.0 Å². The van der Waals surface area contributed by atoms with Crippen LogP contribution in [0.3, 0.4) is 0 Å². The van der Waals surface area contributed by atoms with E-state index >= 15 is 0 Å². The smallest absolute Gasteiger partial charge is 0.152 e. The number of fused-ring (bicyclic) bond motifs is 1. The van der Waals surface area contributed by atoms with Gasteiger partial charge in [0.05, 0.1) is 11.7 Å². The van der Waals surface area contributed by atoms with Crippen molar-refractivity contribution in [1.82, 2.24) is 19.6 Å². The van der Waals surface area contributed by atoms with E-state index in [1.165, 1.54) is 12.8 Å². The molecule has 0 spiro atoms. The van der Waals surface area contributed by atoms with E-state index in [1.54, 1.807) is 17.5 Å². The zero-order valence-corrected chi connectivity index (χ0v) is 12.0. The number of anilines is 1. The van der Waals surface area contributed by atoms with Gasteiger partial charge in [0.2, 0.25) is 0 Å². The number of aromatic nitrogens is 4. The summed E-state index contributed by atoms with van der Waals surface area (Å²) in [5, 5.41) is 11.2. The Morgan fingerprint density at radius 3 is 3.00 bits per heavy atom. The molecule has 0 aliphatic heterocycles. The number of hydrogen-bond donors (Lipinski definition) is 1. The van der Waals surface area contributed by atoms with Crippen molar-refractivity contribution in [2.75, 3.05) is 5.32 Å². The first kappa shape index (κ1) is 11.8. The fourth-order valence-corrected chi connectivity index (χ4v) is 3.28. The third kappa shape index (κ3) is 2.06. The van der Waals surface area contributed by atoms with Crippen LogP contribution >= 0.6 is 11.3 Å². The fraction of sp³-hybridized carbons (Fsp3) is 0.357. The van der Waals surface area contributed by atoms with Crippen molar-refractivity contribution in [1.29, 1.82) is 0 Å². The number of rotatable bonds is 4. The fourth-order valence-electron chi connectivity index (χ4n) is 2.50. The molecule has 5 nitrogen and oxygen atoms in total. The molecule has 1 N–H and O–H groups in total. The van der Waals surface area contributed by atoms with Crippen LogP contribution in [0.15, 0.2) is 30.0 Å². The van der Waals surface area contributed by atoms with Gasteiger partial charge in [-0.25, -0.2) is 14.5 Å². The van der Waals surface area contributed by atoms with E-state index in [4.69, 9.17) is 0 Å². The maximum atomic E-state index is 4.48. The molecule has 1 aliphatic carbocycles. The van der Waals surface area contributed by atoms with Crippen LogP contribution in [0.4, 0.5) is 5.82 Å². The molecule has 3 aromatic rings. The zero-order valence-electron chi connectivity index (χ0n) is 11.2. The Morgan fingerprint density at radius 1 is 1.35 bits per heavy atom. The molecule has 4 rings (SSSR count). The van der Waals surface area contributed by atoms with Gasteiger partial charge in [-0.2, -0.15) is 5.10 Å². The molecule has 3 aromatic heterocycles. The lowest BCUT2D eigenvalue weighted by Crippen LogP contribution is -2.14. The van der Waals surface area contributed by atoms with Crippen LogP contribution in [-0.4, -0.2) is 19.6 Å². The predicted molar refractivity (Wildman–Crippen MR) is 78.9 cm³/mol. The zero-order chi connectivity index (χ0) is 13.5. The summed E-state index contributed by atoms with van der Waals surface area (Å²) in [6.45, 7) is 2.00. The van der Waals surface area contributed by atoms with Gasteiger partial charge in [0.15, 0.2) is 5.82 Å². The molecule has 0 radical (unpaired) electrons. The second-order valence-corrected chi connectivity index (χ2v) is 6.15. The standard InChI is InChI=1S/C14H15N5S/c1-9-8-11-13(15-4-6-19(11)18-9)17-12(10-2-3-10)14-16-5-7-20-14/h4-8,10,12H,2-3H2,1H3,(H,15,17). The lowest BCUT2D eigenvalue weighted by molar-refractivity contribution is 0.670. The Bertz CT molecular complexity index is 729. The molecule has 20 heavy (non-hydrogen) atoms. The van der Waals surface area contributed by atoms with Gasteiger partial charge in [0.25, 0.3) is 0 Å². The summed E-state index contributed by atoms with van der Waals surface area (Å²) in [7, 11) is 0. The largest absolute Gasteiger partial charge is 0.359 e. The molecule has 102 valence electrons. The van der Waals surface area contributed by atoms with Gasteiger partial charge in [0, 0.05) is 24.0 Å². The topological polar surface area (TPSA) is 55.1 Å². The Morgan fingerprint density at radius 2 is 2.25 bits per heavy atom. The summed E-state index contributed by atoms with van der Waals surface area (Å²) in [4.78, 5) is 8.95. The van der Waals surface area contributed by atoms with Crippen molar-refractivity contribution in [2.45, 2.75) is 25.8 Å². The van der Waals surface area contributed by atoms with Crippen molar-refractivity contribution in [3.63, 3.8) is 0 Å². The van der Waals surface area contributed by atoms with Crippen LogP contribution in [0.1, 0.15) is 29.6 Å². The first-order chi connectivity index (χ1) is 9.81. The highest BCUT2D eigenvalue weighted by atomic mass is 32.1. The van der Waals surface area contributed by atoms with Gasteiger partial charge in [-0.15, -0.1) is 11.3 Å². The summed E-state index contributed by atoms with van der Waals surface area (Å²) in [5.74, 6) is 1.56. The third-order valence-electron chi connectivity index (χ3n) is 3.62. The van der Waals surface area contributed by atoms with Crippen molar-refractivity contribution in [3.05, 3.63) is 40.7 Å². The Hall–Kier alpha value is -1.95. The molecule has 0 saturated heterocycles. The minimum Gasteiger partial charge on any atom is -0.359 e. The number of nitrogens with zero attached hydrogens (tertiary/aromatic N) is 4. The van der Waals surface area contributed by atoms with E-state index in [-0.39, 0.29) is 6.04 Å². The van der Waals surface area contributed by atoms with E-state index < -0.39 is 0 Å². The summed E-state index contributed by atoms with van der Waals surface area (Å²) in [6, 6.07) is 2.32. The van der Waals surface area contributed by atoms with Crippen LogP contribution in [0.2, 0.25) is 0 Å². The quantitative estimate of drug-likeness (QED) is 0.800. The van der Waals surface area contributed by atoms with Gasteiger partial charge in [-0.1, -0.05) is 0 Å². The number of thiazole rings is 1. The molecule has 1 fully saturated rings. The normalized spacial score (nSPS) is 16.4. The molecule has 1 unspecified atom stereocenters. The van der Waals surface area contributed by atoms with Crippen molar-refractivity contribution in [3.8, 4) is 0 Å². The van der Waals surface area contributed by atoms with Gasteiger partial charge < -0.3 is 5.32 Å². The van der Waals surface area contributed by atoms with Crippen LogP contribution in [0, 0.1) is 12.8 Å². The van der Waals surface area contributed by atoms with Crippen LogP contribution < -0.4 is 5.32 Å². The summed E-state index contributed by atoms with van der Waals surface area (Å²) < 4.78 is 1.87. The number of hydrogen-bond acceptors (Lipinski definition) is 5. The number of aryl methyl sites for hydroxylation is 1. The molecule has 1 atom stereocenters. The Kier molecular flexibility index (Phi) is 2.70. The number of nitrogens with one attached hydrogen (secondary N) is 1. The maximum Gasteiger partial charge on any atom is 0.152 e. The van der Waals surface area contributed by atoms with Crippen LogP contribution in [0.25, 0.3) is 5.52 Å². The van der Waals surface area contributed by atoms with E-state index in [9.17, 15) is 0 Å². The lowest BCUT2D eigenvalue weighted by Gasteiger charge is -2.16. The first-order valence-corrected chi connectivity index (χ1v) is 7.66. The van der Waals surface area contributed by atoms with Gasteiger partial charge in [0.1, 0.15) is 10.5 Å². The second kappa shape index (κ2) is 4.56. The van der Waals surface area contributed by atoms with Crippen molar-refractivity contribution >= 4 is 22.7 Å². The van der Waals surface area contributed by atoms with Gasteiger partial charge in [-0.05, 0) is 31.7 Å². The lowest BCUT2D eigenvalue weighted by atomic mass is 10.2. The highest BCUT2D eigenvalue weighted by Gasteiger charge is 2.34. The molecule has 0 bridgehead atoms. The SMILES string of the molecule is Cc1cc2c(NC(c3nccs3)C3CC3)nccn2n1. The third-order valence-corrected chi connectivity index (χ3v) is 4.47. The summed E-state index contributed by atoms with van der Waals surface area (Å²) in [6.07, 6.45) is 8.06. The minimum absolute atomic E-state index is 0.268. The monoisotopic (exact) mass is 285 g/mol. The maximum absolute atomic E-state index is 4.48. The average Bonchev–Trinajstić information content (AvgIpc) is 2.98. The summed E-state index contributed by atoms with van der Waals surface area (Å²) in [5.41, 5.74) is 2.02. The van der Waals surface area contributed by atoms with E-state index in [1.807, 2.05) is 29.2 Å². The highest BCUT2D eigenvalue weighted by Crippen LogP contribution is 2.43. The molecule has 0 aromatic carbocycles. The molecule has 1 aliphatic rings. The van der Waals surface area contributed by atoms with Gasteiger partial charge in [-0.3, -0.25) is 0 Å². The minimum atomic E-state index is 0.268. The predicted octanol–water partition coefficient (Wildman–Crippen LogP) is 3.06. The van der Waals surface area contributed by atoms with Crippen molar-refractivity contribution in [2.24, 2.45) is 5.92 Å². The van der Waals surface area contributed by atoms with E-state index in [2.05, 4.69) is 26.4 Å². The molecule has 6 heteroatoms. The van der Waals surface area contributed by atoms with E-state index in [0.29, 0.717) is 5.92 Å². The second-order valence-electron chi connectivity index (χ2n) is 5.22. The molecular formula is C14H15N5S. The molecule has 1 saturated carbocycles. The Labute approximate surface area is 120 Å². The van der Waals surface area contributed by atoms with Crippen molar-refractivity contribution < 1.29 is 0 Å².